The first-order valence-electron chi connectivity index (χ1n) is 5.13. The summed E-state index contributed by atoms with van der Waals surface area (Å²) in [5, 5.41) is 0. The molecule has 0 aromatic carbocycles. The van der Waals surface area contributed by atoms with E-state index in [0.717, 1.165) is 0 Å². The van der Waals surface area contributed by atoms with Gasteiger partial charge in [-0.15, -0.1) is 0 Å². The number of nitrogens with two attached hydrogens (primary N) is 1. The third kappa shape index (κ3) is 2.86. The SMILES string of the molecule is CSCC(C)N(C)C1CCCC1N. The average Bonchev–Trinajstić information content (AvgIpc) is 2.50. The summed E-state index contributed by atoms with van der Waals surface area (Å²) in [5.74, 6) is 1.21. The average molecular weight is 202 g/mol. The first-order valence-corrected chi connectivity index (χ1v) is 6.52. The summed E-state index contributed by atoms with van der Waals surface area (Å²) in [6, 6.07) is 1.70. The predicted octanol–water partition coefficient (Wildman–Crippen LogP) is 1.55. The summed E-state index contributed by atoms with van der Waals surface area (Å²) in [4.78, 5) is 2.47. The Kier molecular flexibility index (Phi) is 4.56. The molecule has 1 fully saturated rings. The van der Waals surface area contributed by atoms with Gasteiger partial charge in [-0.3, -0.25) is 4.90 Å². The van der Waals surface area contributed by atoms with Gasteiger partial charge >= 0.3 is 0 Å². The minimum Gasteiger partial charge on any atom is -0.326 e. The van der Waals surface area contributed by atoms with Crippen molar-refractivity contribution < 1.29 is 0 Å². The predicted molar refractivity (Wildman–Crippen MR) is 61.2 cm³/mol. The molecule has 1 saturated carbocycles. The molecule has 0 bridgehead atoms. The van der Waals surface area contributed by atoms with Crippen LogP contribution < -0.4 is 5.73 Å². The van der Waals surface area contributed by atoms with Crippen LogP contribution in [0.25, 0.3) is 0 Å². The Hall–Kier alpha value is 0.270. The normalized spacial score (nSPS) is 31.2. The van der Waals surface area contributed by atoms with Gasteiger partial charge in [-0.25, -0.2) is 0 Å². The van der Waals surface area contributed by atoms with E-state index in [2.05, 4.69) is 25.1 Å². The summed E-state index contributed by atoms with van der Waals surface area (Å²) in [7, 11) is 2.22. The van der Waals surface area contributed by atoms with Crippen molar-refractivity contribution in [3.05, 3.63) is 0 Å². The summed E-state index contributed by atoms with van der Waals surface area (Å²) < 4.78 is 0. The Labute approximate surface area is 86.2 Å². The second-order valence-electron chi connectivity index (χ2n) is 4.13. The van der Waals surface area contributed by atoms with Crippen molar-refractivity contribution in [3.8, 4) is 0 Å². The van der Waals surface area contributed by atoms with Crippen molar-refractivity contribution in [1.29, 1.82) is 0 Å². The molecule has 2 nitrogen and oxygen atoms in total. The number of hydrogen-bond acceptors (Lipinski definition) is 3. The van der Waals surface area contributed by atoms with Crippen LogP contribution in [-0.4, -0.2) is 42.1 Å². The molecule has 3 unspecified atom stereocenters. The Morgan fingerprint density at radius 3 is 2.69 bits per heavy atom. The van der Waals surface area contributed by atoms with Crippen molar-refractivity contribution in [3.63, 3.8) is 0 Å². The van der Waals surface area contributed by atoms with Gasteiger partial charge in [0.15, 0.2) is 0 Å². The molecule has 0 amide bonds. The lowest BCUT2D eigenvalue weighted by Gasteiger charge is -2.32. The fourth-order valence-corrected chi connectivity index (χ4v) is 2.88. The lowest BCUT2D eigenvalue weighted by atomic mass is 10.1. The number of hydrogen-bond donors (Lipinski definition) is 1. The van der Waals surface area contributed by atoms with Crippen molar-refractivity contribution >= 4 is 11.8 Å². The molecule has 1 rings (SSSR count). The molecule has 1 aliphatic rings. The van der Waals surface area contributed by atoms with Gasteiger partial charge in [0.25, 0.3) is 0 Å². The van der Waals surface area contributed by atoms with Crippen LogP contribution in [0.3, 0.4) is 0 Å². The van der Waals surface area contributed by atoms with Crippen LogP contribution in [0, 0.1) is 0 Å². The van der Waals surface area contributed by atoms with Crippen LogP contribution in [0.15, 0.2) is 0 Å². The van der Waals surface area contributed by atoms with Crippen molar-refractivity contribution in [2.45, 2.75) is 44.3 Å². The first kappa shape index (κ1) is 11.3. The molecule has 0 aliphatic heterocycles. The van der Waals surface area contributed by atoms with E-state index in [-0.39, 0.29) is 0 Å². The summed E-state index contributed by atoms with van der Waals surface area (Å²) in [6.45, 7) is 2.29. The van der Waals surface area contributed by atoms with Gasteiger partial charge in [-0.1, -0.05) is 6.42 Å². The molecule has 2 N–H and O–H groups in total. The first-order chi connectivity index (χ1) is 6.16. The monoisotopic (exact) mass is 202 g/mol. The van der Waals surface area contributed by atoms with Crippen molar-refractivity contribution in [2.24, 2.45) is 5.73 Å². The highest BCUT2D eigenvalue weighted by atomic mass is 32.2. The zero-order chi connectivity index (χ0) is 9.84. The highest BCUT2D eigenvalue weighted by molar-refractivity contribution is 7.98. The number of rotatable bonds is 4. The van der Waals surface area contributed by atoms with Gasteiger partial charge in [0.05, 0.1) is 0 Å². The molecule has 3 heteroatoms. The maximum Gasteiger partial charge on any atom is 0.0247 e. The van der Waals surface area contributed by atoms with E-state index in [1.807, 2.05) is 11.8 Å². The van der Waals surface area contributed by atoms with Gasteiger partial charge in [-0.05, 0) is 33.1 Å². The molecule has 0 saturated heterocycles. The van der Waals surface area contributed by atoms with E-state index < -0.39 is 0 Å². The van der Waals surface area contributed by atoms with Crippen molar-refractivity contribution in [2.75, 3.05) is 19.1 Å². The van der Waals surface area contributed by atoms with Gasteiger partial charge in [0, 0.05) is 23.9 Å². The van der Waals surface area contributed by atoms with E-state index in [1.54, 1.807) is 0 Å². The molecule has 0 aromatic heterocycles. The zero-order valence-corrected chi connectivity index (χ0v) is 9.81. The maximum atomic E-state index is 6.07. The van der Waals surface area contributed by atoms with E-state index in [1.165, 1.54) is 25.0 Å². The Morgan fingerprint density at radius 2 is 2.23 bits per heavy atom. The number of thioether (sulfide) groups is 1. The fourth-order valence-electron chi connectivity index (χ4n) is 2.16. The van der Waals surface area contributed by atoms with E-state index in [9.17, 15) is 0 Å². The second kappa shape index (κ2) is 5.23. The number of likely N-dealkylation sites (N-methyl/N-ethyl adjacent to an activating group) is 1. The molecule has 1 aliphatic carbocycles. The highest BCUT2D eigenvalue weighted by Crippen LogP contribution is 2.23. The minimum atomic E-state index is 0.411. The van der Waals surface area contributed by atoms with Crippen LogP contribution in [0.4, 0.5) is 0 Å². The second-order valence-corrected chi connectivity index (χ2v) is 5.04. The molecule has 0 radical (unpaired) electrons. The molecular weight excluding hydrogens is 180 g/mol. The Morgan fingerprint density at radius 1 is 1.54 bits per heavy atom. The molecule has 0 spiro atoms. The lowest BCUT2D eigenvalue weighted by molar-refractivity contribution is 0.187. The Balaban J connectivity index is 2.40. The summed E-state index contributed by atoms with van der Waals surface area (Å²) >= 11 is 1.92. The zero-order valence-electron chi connectivity index (χ0n) is 8.99. The molecule has 13 heavy (non-hydrogen) atoms. The minimum absolute atomic E-state index is 0.411. The lowest BCUT2D eigenvalue weighted by Crippen LogP contribution is -2.47. The number of nitrogens with zero attached hydrogens (tertiary/aromatic N) is 1. The van der Waals surface area contributed by atoms with Crippen LogP contribution in [0.5, 0.6) is 0 Å². The molecule has 0 heterocycles. The smallest absolute Gasteiger partial charge is 0.0247 e. The van der Waals surface area contributed by atoms with Gasteiger partial charge in [-0.2, -0.15) is 11.8 Å². The van der Waals surface area contributed by atoms with Crippen LogP contribution in [-0.2, 0) is 0 Å². The summed E-state index contributed by atoms with van der Waals surface area (Å²) in [5.41, 5.74) is 6.07. The molecule has 0 aromatic rings. The van der Waals surface area contributed by atoms with E-state index >= 15 is 0 Å². The molecule has 3 atom stereocenters. The standard InChI is InChI=1S/C10H22N2S/c1-8(7-13-3)12(2)10-6-4-5-9(10)11/h8-10H,4-7,11H2,1-3H3. The quantitative estimate of drug-likeness (QED) is 0.750. The van der Waals surface area contributed by atoms with Crippen molar-refractivity contribution in [1.82, 2.24) is 4.90 Å². The van der Waals surface area contributed by atoms with E-state index in [4.69, 9.17) is 5.73 Å². The highest BCUT2D eigenvalue weighted by Gasteiger charge is 2.29. The van der Waals surface area contributed by atoms with Crippen LogP contribution >= 0.6 is 11.8 Å². The van der Waals surface area contributed by atoms with Gasteiger partial charge in [0.1, 0.15) is 0 Å². The third-order valence-corrected chi connectivity index (χ3v) is 3.97. The van der Waals surface area contributed by atoms with Crippen LogP contribution in [0.2, 0.25) is 0 Å². The van der Waals surface area contributed by atoms with Crippen LogP contribution in [0.1, 0.15) is 26.2 Å². The fraction of sp³-hybridized carbons (Fsp3) is 1.00. The third-order valence-electron chi connectivity index (χ3n) is 3.16. The Bertz CT molecular complexity index is 152. The maximum absolute atomic E-state index is 6.07. The summed E-state index contributed by atoms with van der Waals surface area (Å²) in [6.07, 6.45) is 5.97. The molecule has 78 valence electrons. The van der Waals surface area contributed by atoms with E-state index in [0.29, 0.717) is 18.1 Å². The van der Waals surface area contributed by atoms with Gasteiger partial charge in [0.2, 0.25) is 0 Å². The largest absolute Gasteiger partial charge is 0.326 e. The molecular formula is C10H22N2S. The van der Waals surface area contributed by atoms with Gasteiger partial charge < -0.3 is 5.73 Å². The topological polar surface area (TPSA) is 29.3 Å².